The number of carbonyl (C=O) groups is 1. The van der Waals surface area contributed by atoms with Crippen LogP contribution in [0.2, 0.25) is 0 Å². The number of carbonyl (C=O) groups excluding carboxylic acids is 1. The largest absolute Gasteiger partial charge is 0.353 e. The van der Waals surface area contributed by atoms with Crippen LogP contribution < -0.4 is 11.1 Å². The summed E-state index contributed by atoms with van der Waals surface area (Å²) in [6.07, 6.45) is 4.43. The molecular weight excluding hydrogens is 226 g/mol. The van der Waals surface area contributed by atoms with Crippen LogP contribution >= 0.6 is 0 Å². The fourth-order valence-corrected chi connectivity index (χ4v) is 2.19. The van der Waals surface area contributed by atoms with Crippen molar-refractivity contribution in [2.24, 2.45) is 17.6 Å². The molecule has 4 heteroatoms. The lowest BCUT2D eigenvalue weighted by Crippen LogP contribution is -2.46. The minimum absolute atomic E-state index is 0.0116. The van der Waals surface area contributed by atoms with Crippen LogP contribution in [0.3, 0.4) is 0 Å². The first kappa shape index (κ1) is 15.4. The molecule has 0 heterocycles. The second kappa shape index (κ2) is 7.10. The highest BCUT2D eigenvalue weighted by Gasteiger charge is 2.27. The van der Waals surface area contributed by atoms with Gasteiger partial charge in [0.15, 0.2) is 0 Å². The van der Waals surface area contributed by atoms with E-state index in [0.29, 0.717) is 24.4 Å². The number of likely N-dealkylation sites (N-methyl/N-ethyl adjacent to an activating group) is 1. The third-order valence-corrected chi connectivity index (χ3v) is 3.61. The Kier molecular flexibility index (Phi) is 6.09. The standard InChI is InChI=1S/C14H29N3O/c1-10(2)7-12(17(3)4)9-16-14(18)13(15)8-11-5-6-11/h10-13H,5-9,15H2,1-4H3,(H,16,18)/t12?,13-/m0/s1. The van der Waals surface area contributed by atoms with Crippen molar-refractivity contribution in [1.29, 1.82) is 0 Å². The smallest absolute Gasteiger partial charge is 0.236 e. The van der Waals surface area contributed by atoms with Crippen LogP contribution in [-0.4, -0.2) is 43.5 Å². The third-order valence-electron chi connectivity index (χ3n) is 3.61. The maximum Gasteiger partial charge on any atom is 0.236 e. The van der Waals surface area contributed by atoms with Gasteiger partial charge in [-0.2, -0.15) is 0 Å². The molecule has 1 aliphatic carbocycles. The van der Waals surface area contributed by atoms with Gasteiger partial charge in [-0.05, 0) is 38.8 Å². The summed E-state index contributed by atoms with van der Waals surface area (Å²) in [7, 11) is 4.12. The summed E-state index contributed by atoms with van der Waals surface area (Å²) in [6, 6.07) is 0.0708. The molecule has 0 saturated heterocycles. The summed E-state index contributed by atoms with van der Waals surface area (Å²) < 4.78 is 0. The SMILES string of the molecule is CC(C)CC(CNC(=O)[C@@H](N)CC1CC1)N(C)C. The Morgan fingerprint density at radius 3 is 2.44 bits per heavy atom. The highest BCUT2D eigenvalue weighted by Crippen LogP contribution is 2.33. The lowest BCUT2D eigenvalue weighted by atomic mass is 10.0. The maximum atomic E-state index is 11.9. The van der Waals surface area contributed by atoms with Gasteiger partial charge in [-0.3, -0.25) is 4.79 Å². The summed E-state index contributed by atoms with van der Waals surface area (Å²) in [5.74, 6) is 1.35. The highest BCUT2D eigenvalue weighted by atomic mass is 16.2. The summed E-state index contributed by atoms with van der Waals surface area (Å²) in [5, 5.41) is 3.00. The van der Waals surface area contributed by atoms with Gasteiger partial charge in [0.2, 0.25) is 5.91 Å². The molecule has 1 rings (SSSR count). The molecule has 2 atom stereocenters. The van der Waals surface area contributed by atoms with Crippen LogP contribution in [-0.2, 0) is 4.79 Å². The van der Waals surface area contributed by atoms with Gasteiger partial charge in [0.1, 0.15) is 0 Å². The highest BCUT2D eigenvalue weighted by molar-refractivity contribution is 5.81. The molecule has 0 radical (unpaired) electrons. The minimum atomic E-state index is -0.320. The lowest BCUT2D eigenvalue weighted by Gasteiger charge is -2.26. The number of amides is 1. The Morgan fingerprint density at radius 2 is 2.00 bits per heavy atom. The van der Waals surface area contributed by atoms with Crippen molar-refractivity contribution in [2.75, 3.05) is 20.6 Å². The average molecular weight is 255 g/mol. The molecule has 1 aliphatic rings. The van der Waals surface area contributed by atoms with E-state index in [1.54, 1.807) is 0 Å². The van der Waals surface area contributed by atoms with E-state index in [9.17, 15) is 4.79 Å². The number of nitrogens with two attached hydrogens (primary N) is 1. The number of hydrogen-bond donors (Lipinski definition) is 2. The van der Waals surface area contributed by atoms with Crippen LogP contribution in [0.25, 0.3) is 0 Å². The van der Waals surface area contributed by atoms with E-state index in [1.165, 1.54) is 12.8 Å². The Morgan fingerprint density at radius 1 is 1.39 bits per heavy atom. The van der Waals surface area contributed by atoms with Gasteiger partial charge in [0.25, 0.3) is 0 Å². The summed E-state index contributed by atoms with van der Waals surface area (Å²) in [5.41, 5.74) is 5.90. The lowest BCUT2D eigenvalue weighted by molar-refractivity contribution is -0.122. The summed E-state index contributed by atoms with van der Waals surface area (Å²) in [4.78, 5) is 14.0. The van der Waals surface area contributed by atoms with E-state index in [4.69, 9.17) is 5.73 Å². The average Bonchev–Trinajstić information content (AvgIpc) is 3.06. The van der Waals surface area contributed by atoms with Crippen molar-refractivity contribution in [3.63, 3.8) is 0 Å². The van der Waals surface area contributed by atoms with Crippen molar-refractivity contribution in [3.05, 3.63) is 0 Å². The van der Waals surface area contributed by atoms with Gasteiger partial charge in [-0.1, -0.05) is 26.7 Å². The van der Waals surface area contributed by atoms with Crippen LogP contribution in [0.4, 0.5) is 0 Å². The van der Waals surface area contributed by atoms with Crippen molar-refractivity contribution < 1.29 is 4.79 Å². The van der Waals surface area contributed by atoms with E-state index < -0.39 is 0 Å². The molecule has 106 valence electrons. The fourth-order valence-electron chi connectivity index (χ4n) is 2.19. The number of nitrogens with zero attached hydrogens (tertiary/aromatic N) is 1. The molecule has 0 aromatic carbocycles. The van der Waals surface area contributed by atoms with E-state index in [2.05, 4.69) is 38.2 Å². The van der Waals surface area contributed by atoms with Crippen molar-refractivity contribution in [3.8, 4) is 0 Å². The molecule has 3 N–H and O–H groups in total. The van der Waals surface area contributed by atoms with Crippen molar-refractivity contribution in [2.45, 2.75) is 51.6 Å². The van der Waals surface area contributed by atoms with Crippen LogP contribution in [0.5, 0.6) is 0 Å². The molecule has 0 spiro atoms. The van der Waals surface area contributed by atoms with E-state index in [-0.39, 0.29) is 11.9 Å². The third kappa shape index (κ3) is 5.83. The van der Waals surface area contributed by atoms with Gasteiger partial charge >= 0.3 is 0 Å². The Bertz CT molecular complexity index is 262. The second-order valence-electron chi connectivity index (χ2n) is 6.28. The van der Waals surface area contributed by atoms with Gasteiger partial charge in [0, 0.05) is 12.6 Å². The predicted octanol–water partition coefficient (Wildman–Crippen LogP) is 1.21. The number of nitrogens with one attached hydrogen (secondary N) is 1. The zero-order valence-electron chi connectivity index (χ0n) is 12.3. The number of rotatable bonds is 8. The zero-order chi connectivity index (χ0) is 13.7. The van der Waals surface area contributed by atoms with Gasteiger partial charge in [0.05, 0.1) is 6.04 Å². The molecule has 0 aromatic heterocycles. The molecule has 0 aromatic rings. The van der Waals surface area contributed by atoms with Crippen LogP contribution in [0.1, 0.15) is 39.5 Å². The van der Waals surface area contributed by atoms with Crippen LogP contribution in [0, 0.1) is 11.8 Å². The predicted molar refractivity (Wildman–Crippen MR) is 75.3 cm³/mol. The van der Waals surface area contributed by atoms with E-state index in [1.807, 2.05) is 0 Å². The maximum absolute atomic E-state index is 11.9. The topological polar surface area (TPSA) is 58.4 Å². The minimum Gasteiger partial charge on any atom is -0.353 e. The molecule has 1 unspecified atom stereocenters. The van der Waals surface area contributed by atoms with Gasteiger partial charge in [-0.15, -0.1) is 0 Å². The molecule has 1 fully saturated rings. The summed E-state index contributed by atoms with van der Waals surface area (Å²) >= 11 is 0. The zero-order valence-corrected chi connectivity index (χ0v) is 12.3. The first-order valence-corrected chi connectivity index (χ1v) is 7.09. The normalized spacial score (nSPS) is 19.1. The van der Waals surface area contributed by atoms with Gasteiger partial charge in [-0.25, -0.2) is 0 Å². The molecule has 0 bridgehead atoms. The quantitative estimate of drug-likeness (QED) is 0.685. The first-order valence-electron chi connectivity index (χ1n) is 7.09. The van der Waals surface area contributed by atoms with Crippen molar-refractivity contribution in [1.82, 2.24) is 10.2 Å². The summed E-state index contributed by atoms with van der Waals surface area (Å²) in [6.45, 7) is 5.11. The van der Waals surface area contributed by atoms with Crippen molar-refractivity contribution >= 4 is 5.91 Å². The monoisotopic (exact) mass is 255 g/mol. The fraction of sp³-hybridized carbons (Fsp3) is 0.929. The van der Waals surface area contributed by atoms with E-state index >= 15 is 0 Å². The Labute approximate surface area is 111 Å². The molecule has 4 nitrogen and oxygen atoms in total. The first-order chi connectivity index (χ1) is 8.40. The second-order valence-corrected chi connectivity index (χ2v) is 6.28. The Balaban J connectivity index is 2.28. The van der Waals surface area contributed by atoms with Crippen LogP contribution in [0.15, 0.2) is 0 Å². The molecular formula is C14H29N3O. The molecule has 1 amide bonds. The molecule has 1 saturated carbocycles. The molecule has 18 heavy (non-hydrogen) atoms. The van der Waals surface area contributed by atoms with E-state index in [0.717, 1.165) is 12.8 Å². The molecule has 0 aliphatic heterocycles. The Hall–Kier alpha value is -0.610. The van der Waals surface area contributed by atoms with Gasteiger partial charge < -0.3 is 16.0 Å². The number of hydrogen-bond acceptors (Lipinski definition) is 3.